The number of nitrogen functional groups attached to an aromatic ring is 4. The molecule has 0 saturated carbocycles. The van der Waals surface area contributed by atoms with Crippen LogP contribution in [0.4, 0.5) is 23.4 Å². The summed E-state index contributed by atoms with van der Waals surface area (Å²) in [5, 5.41) is 11.8. The van der Waals surface area contributed by atoms with Crippen molar-refractivity contribution in [3.63, 3.8) is 0 Å². The van der Waals surface area contributed by atoms with Gasteiger partial charge in [-0.1, -0.05) is 6.92 Å². The quantitative estimate of drug-likeness (QED) is 0.0141. The summed E-state index contributed by atoms with van der Waals surface area (Å²) in [7, 11) is -5.08. The third-order valence-electron chi connectivity index (χ3n) is 23.5. The first-order valence-electron chi connectivity index (χ1n) is 44.3. The highest BCUT2D eigenvalue weighted by Crippen LogP contribution is 2.58. The Morgan fingerprint density at radius 1 is 0.393 bits per heavy atom. The van der Waals surface area contributed by atoms with Crippen LogP contribution >= 0.6 is 35.8 Å². The zero-order chi connectivity index (χ0) is 105. The van der Waals surface area contributed by atoms with E-state index in [1.165, 1.54) is 77.3 Å². The molecule has 0 amide bonds. The molecule has 6 aliphatic heterocycles. The number of hydrogen-bond acceptors (Lipinski definition) is 50. The Balaban J connectivity index is 0.765. The van der Waals surface area contributed by atoms with Gasteiger partial charge in [-0.2, -0.15) is 15.0 Å². The molecule has 69 heteroatoms. The molecule has 6 aliphatic rings. The zero-order valence-electron chi connectivity index (χ0n) is 78.9. The number of nitrogens with zero attached hydrogens (tertiary/aromatic N) is 13. The van der Waals surface area contributed by atoms with Crippen molar-refractivity contribution in [1.29, 1.82) is 0 Å². The fourth-order valence-corrected chi connectivity index (χ4v) is 22.8. The lowest BCUT2D eigenvalue weighted by Crippen LogP contribution is -2.41. The van der Waals surface area contributed by atoms with E-state index in [0.29, 0.717) is 11.1 Å². The normalized spacial score (nSPS) is 29.2. The number of aliphatic hydroxyl groups is 1. The summed E-state index contributed by atoms with van der Waals surface area (Å²) in [6, 6.07) is 0. The standard InChI is InChI=1S/C76H111N20O41P5S3/c1-11-39-40(22-46(127-39)91-23-35(2)59(77)85-73(91)101)133-140(109,143)125-30-44-51(55(118-18-13-113-7)68(129-44)93-25-37(4)64(98)89-75(93)103)135-138(105,106)122-28-42-50(56(119-19-14-114-8)70(131-42)95-33-83-47-61(79)81-32-82-62(47)95)134-139(107,108)123-29-43-52(58(121-21-16-116-10)71(132-43)96-34-84-48-63(96)87-72(80)88-66(48)100)136-142(111,145)126-31-45-53(57(120-20-15-115-9)69(130-45)94-26-38(5)65(99)90-76(94)104)137-141(110,144)124-27-41-49(97)54(117-17-12-112-6)67(128-41)92-24-36(3)60(78)86-74(92)102/h23-26,32-34,39-46,49-58,67-71,97H,11-22,27-31H2,1-10H3,(H,105,106)(H,107,108)(H,109,143)(H,110,144)(H,111,145)(H2,77,85,101)(H2,78,86,102)(H2,79,81,82)(H,89,98,103)(H,90,99,104)(H3,80,87,88,100)/t39-,40-,41-,42-,43-,44-,45-,46-,49+,50+,51+,52+,53+,54?,55?,56?,57?,58?,67-,68-,69-,70-,71-,140?,141?,142?/m1/s1. The number of imidazole rings is 2. The number of fused-ring (bicyclic) bond motifs is 2. The van der Waals surface area contributed by atoms with Gasteiger partial charge in [0.25, 0.3) is 16.7 Å². The van der Waals surface area contributed by atoms with Crippen LogP contribution in [-0.4, -0.2) is 345 Å². The van der Waals surface area contributed by atoms with Crippen LogP contribution in [0.5, 0.6) is 0 Å². The maximum atomic E-state index is 15.5. The second-order valence-electron chi connectivity index (χ2n) is 33.3. The van der Waals surface area contributed by atoms with E-state index in [4.69, 9.17) is 179 Å². The van der Waals surface area contributed by atoms with Gasteiger partial charge in [0.1, 0.15) is 121 Å². The maximum absolute atomic E-state index is 15.5. The highest BCUT2D eigenvalue weighted by Gasteiger charge is 2.59. The molecule has 0 aliphatic carbocycles. The molecule has 61 nitrogen and oxygen atoms in total. The summed E-state index contributed by atoms with van der Waals surface area (Å²) >= 11 is 17.1. The number of H-pyrrole nitrogens is 3. The minimum absolute atomic E-state index is 0.00576. The number of anilines is 4. The van der Waals surface area contributed by atoms with Gasteiger partial charge in [0.05, 0.1) is 124 Å². The average molecular weight is 2210 g/mol. The molecule has 145 heavy (non-hydrogen) atoms. The molecule has 14 heterocycles. The second-order valence-corrected chi connectivity index (χ2v) is 44.5. The Labute approximate surface area is 834 Å². The van der Waals surface area contributed by atoms with E-state index in [-0.39, 0.29) is 130 Å². The molecule has 804 valence electrons. The van der Waals surface area contributed by atoms with E-state index in [9.17, 15) is 63.1 Å². The average Bonchev–Trinajstić information content (AvgIpc) is 1.60. The fourth-order valence-electron chi connectivity index (χ4n) is 16.5. The SMILES string of the molecule is CC[C@H]1O[C@@H](n2cc(C)c(N)nc2=O)C[C@H]1OP(O)(=S)OC[C@H]1O[C@@H](n2cc(C)c(=O)[nH]c2=O)C(OCCOC)[C@H]1OP(=O)(O)OC[C@H]1O[C@@H](n2cnc3c(N)ncnc32)C(OCCOC)[C@H]1OP(=O)(O)OC[C@H]1O[C@@H](n2cnc3c(=O)[nH]c(N)nc32)C(OCCOC)[C@H]1OP(O)(=S)OC[C@H]1O[C@@H](n2cc(C)c(=O)[nH]c2=O)C(OCCOC)[C@H]1OP(O)(=S)OC[C@H]1O[C@@H](n2cc(C)c(N)nc2=O)C(OCCOC)[C@H]1O. The van der Waals surface area contributed by atoms with Gasteiger partial charge in [-0.3, -0.25) is 83.9 Å². The van der Waals surface area contributed by atoms with Crippen molar-refractivity contribution >= 4 is 117 Å². The fraction of sp³-hybridized carbons (Fsp3) is 0.658. The van der Waals surface area contributed by atoms with Crippen LogP contribution in [0.2, 0.25) is 0 Å². The number of nitrogens with two attached hydrogens (primary N) is 4. The van der Waals surface area contributed by atoms with E-state index in [0.717, 1.165) is 43.3 Å². The minimum atomic E-state index is -5.93. The summed E-state index contributed by atoms with van der Waals surface area (Å²) in [6.07, 6.45) is -28.8. The predicted molar refractivity (Wildman–Crippen MR) is 505 cm³/mol. The van der Waals surface area contributed by atoms with Crippen LogP contribution in [0.3, 0.4) is 0 Å². The molecule has 14 rings (SSSR count). The first-order chi connectivity index (χ1) is 68.9. The van der Waals surface area contributed by atoms with Gasteiger partial charge in [-0.15, -0.1) is 0 Å². The second kappa shape index (κ2) is 48.8. The molecule has 0 spiro atoms. The third kappa shape index (κ3) is 26.9. The smallest absolute Gasteiger partial charge is 0.387 e. The summed E-state index contributed by atoms with van der Waals surface area (Å²) in [5.41, 5.74) is 18.1. The van der Waals surface area contributed by atoms with Gasteiger partial charge < -0.3 is 146 Å². The van der Waals surface area contributed by atoms with E-state index >= 15 is 9.13 Å². The Bertz CT molecular complexity index is 6570. The maximum Gasteiger partial charge on any atom is 0.472 e. The van der Waals surface area contributed by atoms with Gasteiger partial charge in [0, 0.05) is 89.0 Å². The first kappa shape index (κ1) is 113. The Morgan fingerprint density at radius 3 is 1.20 bits per heavy atom. The number of phosphoric acid groups is 2. The molecule has 6 saturated heterocycles. The summed E-state index contributed by atoms with van der Waals surface area (Å²) in [4.78, 5) is 191. The lowest BCUT2D eigenvalue weighted by atomic mass is 10.1. The van der Waals surface area contributed by atoms with E-state index in [1.807, 2.05) is 0 Å². The molecule has 8 aromatic rings. The minimum Gasteiger partial charge on any atom is -0.387 e. The van der Waals surface area contributed by atoms with E-state index < -0.39 is 255 Å². The van der Waals surface area contributed by atoms with Crippen molar-refractivity contribution < 1.29 is 160 Å². The molecule has 0 aromatic carbocycles. The van der Waals surface area contributed by atoms with E-state index in [2.05, 4.69) is 49.8 Å². The Morgan fingerprint density at radius 2 is 0.759 bits per heavy atom. The number of aryl methyl sites for hydroxylation is 4. The number of ether oxygens (including phenoxy) is 16. The van der Waals surface area contributed by atoms with Crippen molar-refractivity contribution in [2.75, 3.05) is 158 Å². The van der Waals surface area contributed by atoms with Crippen LogP contribution in [0, 0.1) is 27.7 Å². The number of hydrogen-bond donors (Lipinski definition) is 13. The number of aromatic nitrogens is 16. The summed E-state index contributed by atoms with van der Waals surface area (Å²) in [6.45, 7) is -14.2. The van der Waals surface area contributed by atoms with Gasteiger partial charge in [-0.25, -0.2) is 48.2 Å². The number of nitrogens with one attached hydrogen (secondary N) is 3. The first-order valence-corrected chi connectivity index (χ1v) is 55.1. The summed E-state index contributed by atoms with van der Waals surface area (Å²) in [5.74, 6) is -0.672. The molecular weight excluding hydrogens is 2100 g/mol. The highest BCUT2D eigenvalue weighted by atomic mass is 32.5. The van der Waals surface area contributed by atoms with Crippen molar-refractivity contribution in [3.8, 4) is 0 Å². The molecule has 0 bridgehead atoms. The highest BCUT2D eigenvalue weighted by molar-refractivity contribution is 8.07. The van der Waals surface area contributed by atoms with Crippen LogP contribution in [0.25, 0.3) is 22.3 Å². The van der Waals surface area contributed by atoms with Crippen molar-refractivity contribution in [2.24, 2.45) is 0 Å². The summed E-state index contributed by atoms with van der Waals surface area (Å²) < 4.78 is 194. The van der Waals surface area contributed by atoms with Crippen LogP contribution < -0.4 is 62.4 Å². The predicted octanol–water partition coefficient (Wildman–Crippen LogP) is -2.30. The number of aromatic amines is 3. The van der Waals surface area contributed by atoms with Gasteiger partial charge in [0.2, 0.25) is 5.95 Å². The van der Waals surface area contributed by atoms with Gasteiger partial charge >= 0.3 is 58.6 Å². The molecular formula is C76H111N20O41P5S3. The molecule has 17 N–H and O–H groups in total. The number of methoxy groups -OCH3 is 5. The molecule has 28 atom stereocenters. The van der Waals surface area contributed by atoms with Gasteiger partial charge in [-0.05, 0) is 69.5 Å². The van der Waals surface area contributed by atoms with Crippen LogP contribution in [-0.2, 0) is 166 Å². The van der Waals surface area contributed by atoms with Crippen molar-refractivity contribution in [2.45, 2.75) is 189 Å². The van der Waals surface area contributed by atoms with E-state index in [1.54, 1.807) is 20.8 Å². The number of aliphatic hydroxyl groups excluding tert-OH is 1. The zero-order valence-corrected chi connectivity index (χ0v) is 85.8. The third-order valence-corrected chi connectivity index (χ3v) is 30.2. The van der Waals surface area contributed by atoms with Crippen LogP contribution in [0.15, 0.2) is 77.3 Å². The van der Waals surface area contributed by atoms with Gasteiger partial charge in [0.15, 0.2) is 53.8 Å². The molecule has 0 radical (unpaired) electrons. The van der Waals surface area contributed by atoms with Crippen molar-refractivity contribution in [1.82, 2.24) is 77.2 Å². The molecule has 8 aromatic heterocycles. The largest absolute Gasteiger partial charge is 0.472 e. The Kier molecular flexibility index (Phi) is 38.0. The monoisotopic (exact) mass is 2210 g/mol. The van der Waals surface area contributed by atoms with Crippen molar-refractivity contribution in [3.05, 3.63) is 139 Å². The topological polar surface area (TPSA) is 786 Å². The lowest BCUT2D eigenvalue weighted by Gasteiger charge is -2.30. The molecule has 6 fully saturated rings. The number of rotatable bonds is 52. The number of phosphoric ester groups is 2. The van der Waals surface area contributed by atoms with Crippen LogP contribution in [0.1, 0.15) is 79.4 Å². The molecule has 10 unspecified atom stereocenters. The lowest BCUT2D eigenvalue weighted by molar-refractivity contribution is -0.0836. The Hall–Kier alpha value is -7.65.